The molecule has 170 valence electrons. The summed E-state index contributed by atoms with van der Waals surface area (Å²) in [6.45, 7) is 4.11. The van der Waals surface area contributed by atoms with Crippen molar-refractivity contribution in [3.63, 3.8) is 0 Å². The number of pyridine rings is 1. The molecule has 0 fully saturated rings. The Morgan fingerprint density at radius 2 is 1.84 bits per heavy atom. The van der Waals surface area contributed by atoms with Crippen LogP contribution in [0.3, 0.4) is 0 Å². The minimum atomic E-state index is -2.87. The number of aromatic amines is 1. The third-order valence-electron chi connectivity index (χ3n) is 4.04. The van der Waals surface area contributed by atoms with Crippen molar-refractivity contribution in [2.75, 3.05) is 12.4 Å². The number of alkyl halides is 2. The second-order valence-electron chi connectivity index (χ2n) is 7.09. The number of rotatable bonds is 7. The molecular formula is C22H24ClF2N5O2. The molecule has 0 saturated heterocycles. The van der Waals surface area contributed by atoms with Gasteiger partial charge in [0.25, 0.3) is 12.3 Å². The van der Waals surface area contributed by atoms with E-state index in [-0.39, 0.29) is 17.4 Å². The van der Waals surface area contributed by atoms with E-state index in [9.17, 15) is 18.4 Å². The number of amides is 1. The quantitative estimate of drug-likeness (QED) is 0.434. The Labute approximate surface area is 189 Å². The molecule has 0 aliphatic heterocycles. The van der Waals surface area contributed by atoms with Crippen molar-refractivity contribution in [2.24, 2.45) is 5.92 Å². The predicted molar refractivity (Wildman–Crippen MR) is 120 cm³/mol. The first kappa shape index (κ1) is 25.1. The molecule has 0 spiro atoms. The van der Waals surface area contributed by atoms with E-state index < -0.39 is 18.0 Å². The molecule has 0 aliphatic rings. The molecule has 2 heterocycles. The first-order chi connectivity index (χ1) is 15.2. The molecular weight excluding hydrogens is 440 g/mol. The predicted octanol–water partition coefficient (Wildman–Crippen LogP) is 4.88. The van der Waals surface area contributed by atoms with E-state index in [2.05, 4.69) is 25.6 Å². The first-order valence-corrected chi connectivity index (χ1v) is 10.1. The number of carbonyl (C=O) groups excluding carboxylic acids is 2. The number of nitrogens with one attached hydrogen (secondary N) is 3. The summed E-state index contributed by atoms with van der Waals surface area (Å²) < 4.78 is 26.4. The Bertz CT molecular complexity index is 1040. The molecule has 1 aromatic carbocycles. The van der Waals surface area contributed by atoms with Gasteiger partial charge in [-0.3, -0.25) is 15.1 Å². The van der Waals surface area contributed by atoms with Crippen LogP contribution < -0.4 is 10.6 Å². The van der Waals surface area contributed by atoms with Gasteiger partial charge in [-0.1, -0.05) is 37.6 Å². The fourth-order valence-corrected chi connectivity index (χ4v) is 2.64. The molecule has 0 aliphatic carbocycles. The standard InChI is InChI=1S/C18H16ClF2N5O.C4H8O/c1-22-7-10-6-13(15(16(20)21)23-8-10)17(27)26-18-24-9-14(25-18)11-2-4-12(19)5-3-11;1-4(2)3-5/h2-6,8-9,16,22H,7H2,1H3,(H2,24,25,26,27);3-4H,1-2H3. The second-order valence-corrected chi connectivity index (χ2v) is 7.53. The van der Waals surface area contributed by atoms with Crippen molar-refractivity contribution in [3.8, 4) is 11.3 Å². The Kier molecular flexibility index (Phi) is 9.42. The van der Waals surface area contributed by atoms with Crippen molar-refractivity contribution in [1.29, 1.82) is 0 Å². The van der Waals surface area contributed by atoms with E-state index >= 15 is 0 Å². The van der Waals surface area contributed by atoms with Crippen LogP contribution in [0.2, 0.25) is 5.02 Å². The number of benzene rings is 1. The zero-order valence-electron chi connectivity index (χ0n) is 17.8. The number of H-pyrrole nitrogens is 1. The number of hydrogen-bond acceptors (Lipinski definition) is 5. The van der Waals surface area contributed by atoms with Gasteiger partial charge in [-0.2, -0.15) is 0 Å². The molecule has 0 bridgehead atoms. The Balaban J connectivity index is 0.000000654. The molecule has 0 saturated carbocycles. The van der Waals surface area contributed by atoms with Crippen LogP contribution in [0.25, 0.3) is 11.3 Å². The number of imidazole rings is 1. The number of hydrogen-bond donors (Lipinski definition) is 3. The molecule has 0 radical (unpaired) electrons. The maximum absolute atomic E-state index is 13.2. The fourth-order valence-electron chi connectivity index (χ4n) is 2.51. The first-order valence-electron chi connectivity index (χ1n) is 9.74. The minimum Gasteiger partial charge on any atom is -0.324 e. The lowest BCUT2D eigenvalue weighted by Crippen LogP contribution is -2.18. The van der Waals surface area contributed by atoms with Gasteiger partial charge in [0.15, 0.2) is 0 Å². The summed E-state index contributed by atoms with van der Waals surface area (Å²) in [6, 6.07) is 8.43. The summed E-state index contributed by atoms with van der Waals surface area (Å²) in [5.74, 6) is -0.369. The highest BCUT2D eigenvalue weighted by atomic mass is 35.5. The smallest absolute Gasteiger partial charge is 0.281 e. The average Bonchev–Trinajstić information content (AvgIpc) is 3.23. The second kappa shape index (κ2) is 12.0. The highest BCUT2D eigenvalue weighted by Gasteiger charge is 2.21. The van der Waals surface area contributed by atoms with Crippen molar-refractivity contribution >= 4 is 29.7 Å². The molecule has 3 aromatic rings. The minimum absolute atomic E-state index is 0.143. The summed E-state index contributed by atoms with van der Waals surface area (Å²) in [7, 11) is 1.71. The fraction of sp³-hybridized carbons (Fsp3) is 0.273. The van der Waals surface area contributed by atoms with Gasteiger partial charge in [-0.05, 0) is 36.4 Å². The number of aromatic nitrogens is 3. The van der Waals surface area contributed by atoms with Crippen molar-refractivity contribution in [3.05, 3.63) is 64.6 Å². The highest BCUT2D eigenvalue weighted by Crippen LogP contribution is 2.24. The molecule has 3 N–H and O–H groups in total. The lowest BCUT2D eigenvalue weighted by atomic mass is 10.1. The van der Waals surface area contributed by atoms with E-state index in [4.69, 9.17) is 11.6 Å². The number of aldehydes is 1. The van der Waals surface area contributed by atoms with Crippen LogP contribution in [0.15, 0.2) is 42.7 Å². The molecule has 10 heteroatoms. The van der Waals surface area contributed by atoms with Gasteiger partial charge in [-0.25, -0.2) is 13.8 Å². The lowest BCUT2D eigenvalue weighted by molar-refractivity contribution is -0.110. The van der Waals surface area contributed by atoms with Crippen LogP contribution in [0.4, 0.5) is 14.7 Å². The monoisotopic (exact) mass is 463 g/mol. The third kappa shape index (κ3) is 7.21. The topological polar surface area (TPSA) is 99.8 Å². The Morgan fingerprint density at radius 3 is 2.41 bits per heavy atom. The number of nitrogens with zero attached hydrogens (tertiary/aromatic N) is 2. The van der Waals surface area contributed by atoms with E-state index in [1.165, 1.54) is 18.5 Å². The van der Waals surface area contributed by atoms with Crippen LogP contribution >= 0.6 is 11.6 Å². The zero-order chi connectivity index (χ0) is 23.7. The maximum atomic E-state index is 13.2. The van der Waals surface area contributed by atoms with Gasteiger partial charge in [0, 0.05) is 23.7 Å². The maximum Gasteiger partial charge on any atom is 0.281 e. The number of carbonyl (C=O) groups is 2. The van der Waals surface area contributed by atoms with Gasteiger partial charge in [0.2, 0.25) is 5.95 Å². The van der Waals surface area contributed by atoms with Crippen LogP contribution in [-0.2, 0) is 11.3 Å². The van der Waals surface area contributed by atoms with Gasteiger partial charge >= 0.3 is 0 Å². The zero-order valence-corrected chi connectivity index (χ0v) is 18.6. The summed E-state index contributed by atoms with van der Waals surface area (Å²) in [6.07, 6.45) is 0.902. The summed E-state index contributed by atoms with van der Waals surface area (Å²) in [5.41, 5.74) is 1.32. The van der Waals surface area contributed by atoms with E-state index in [1.807, 2.05) is 13.8 Å². The molecule has 0 unspecified atom stereocenters. The summed E-state index contributed by atoms with van der Waals surface area (Å²) >= 11 is 5.86. The van der Waals surface area contributed by atoms with Gasteiger partial charge in [0.05, 0.1) is 17.5 Å². The van der Waals surface area contributed by atoms with E-state index in [0.717, 1.165) is 11.8 Å². The summed E-state index contributed by atoms with van der Waals surface area (Å²) in [4.78, 5) is 32.7. The lowest BCUT2D eigenvalue weighted by Gasteiger charge is -2.10. The highest BCUT2D eigenvalue weighted by molar-refractivity contribution is 6.30. The van der Waals surface area contributed by atoms with Gasteiger partial charge in [0.1, 0.15) is 12.0 Å². The van der Waals surface area contributed by atoms with Crippen LogP contribution in [0.5, 0.6) is 0 Å². The molecule has 0 atom stereocenters. The van der Waals surface area contributed by atoms with Crippen molar-refractivity contribution in [2.45, 2.75) is 26.8 Å². The molecule has 32 heavy (non-hydrogen) atoms. The van der Waals surface area contributed by atoms with Gasteiger partial charge in [-0.15, -0.1) is 0 Å². The summed E-state index contributed by atoms with van der Waals surface area (Å²) in [5, 5.41) is 5.98. The number of halogens is 3. The molecule has 1 amide bonds. The van der Waals surface area contributed by atoms with Gasteiger partial charge < -0.3 is 15.1 Å². The third-order valence-corrected chi connectivity index (χ3v) is 4.29. The molecule has 2 aromatic heterocycles. The Morgan fingerprint density at radius 1 is 1.19 bits per heavy atom. The van der Waals surface area contributed by atoms with Crippen molar-refractivity contribution < 1.29 is 18.4 Å². The average molecular weight is 464 g/mol. The van der Waals surface area contributed by atoms with Crippen LogP contribution in [0.1, 0.15) is 41.9 Å². The molecule has 3 rings (SSSR count). The normalized spacial score (nSPS) is 10.6. The van der Waals surface area contributed by atoms with E-state index in [1.54, 1.807) is 31.3 Å². The van der Waals surface area contributed by atoms with Crippen molar-refractivity contribution in [1.82, 2.24) is 20.3 Å². The SMILES string of the molecule is CC(C)C=O.CNCc1cnc(C(F)F)c(C(=O)Nc2ncc(-c3ccc(Cl)cc3)[nH]2)c1. The molecule has 7 nitrogen and oxygen atoms in total. The Hall–Kier alpha value is -3.17. The largest absolute Gasteiger partial charge is 0.324 e. The number of anilines is 1. The van der Waals surface area contributed by atoms with Crippen LogP contribution in [-0.4, -0.2) is 34.2 Å². The van der Waals surface area contributed by atoms with Crippen LogP contribution in [0, 0.1) is 5.92 Å². The van der Waals surface area contributed by atoms with E-state index in [0.29, 0.717) is 22.8 Å².